The molecule has 0 fully saturated rings. The van der Waals surface area contributed by atoms with Crippen molar-refractivity contribution in [3.8, 4) is 5.75 Å². The van der Waals surface area contributed by atoms with Gasteiger partial charge in [0.1, 0.15) is 17.9 Å². The second-order valence-corrected chi connectivity index (χ2v) is 8.79. The van der Waals surface area contributed by atoms with Gasteiger partial charge in [0.05, 0.1) is 17.1 Å². The maximum absolute atomic E-state index is 13.0. The highest BCUT2D eigenvalue weighted by molar-refractivity contribution is 7.93. The number of hydrogen-bond acceptors (Lipinski definition) is 5. The lowest BCUT2D eigenvalue weighted by Crippen LogP contribution is -2.31. The van der Waals surface area contributed by atoms with Gasteiger partial charge in [-0.1, -0.05) is 24.3 Å². The molecule has 0 radical (unpaired) electrons. The summed E-state index contributed by atoms with van der Waals surface area (Å²) in [4.78, 5) is 11.9. The summed E-state index contributed by atoms with van der Waals surface area (Å²) in [5.41, 5.74) is 1.53. The summed E-state index contributed by atoms with van der Waals surface area (Å²) >= 11 is 0. The maximum atomic E-state index is 13.0. The summed E-state index contributed by atoms with van der Waals surface area (Å²) in [7, 11) is -3.61. The number of sulfonamides is 1. The third-order valence-electron chi connectivity index (χ3n) is 5.17. The second kappa shape index (κ2) is 6.35. The molecule has 6 nitrogen and oxygen atoms in total. The number of nitrogens with zero attached hydrogens (tertiary/aromatic N) is 1. The first kappa shape index (κ1) is 17.8. The van der Waals surface area contributed by atoms with Crippen LogP contribution in [0.25, 0.3) is 21.7 Å². The van der Waals surface area contributed by atoms with Crippen molar-refractivity contribution in [3.63, 3.8) is 0 Å². The van der Waals surface area contributed by atoms with Gasteiger partial charge < -0.3 is 9.15 Å². The summed E-state index contributed by atoms with van der Waals surface area (Å²) in [5.74, 6) is 0.513. The topological polar surface area (TPSA) is 76.8 Å². The number of benzene rings is 3. The van der Waals surface area contributed by atoms with E-state index in [2.05, 4.69) is 0 Å². The van der Waals surface area contributed by atoms with Crippen molar-refractivity contribution in [2.45, 2.75) is 11.8 Å². The SMILES string of the molecule is Cc1cc(=O)oc2cc(OCCN3c4cccc5cccc(c45)S3(=O)=O)ccc12. The minimum Gasteiger partial charge on any atom is -0.492 e. The van der Waals surface area contributed by atoms with Crippen LogP contribution >= 0.6 is 0 Å². The van der Waals surface area contributed by atoms with E-state index in [9.17, 15) is 13.2 Å². The van der Waals surface area contributed by atoms with Crippen molar-refractivity contribution >= 4 is 37.5 Å². The summed E-state index contributed by atoms with van der Waals surface area (Å²) in [6.07, 6.45) is 0. The molecule has 0 N–H and O–H groups in total. The van der Waals surface area contributed by atoms with Crippen molar-refractivity contribution in [2.24, 2.45) is 0 Å². The van der Waals surface area contributed by atoms with E-state index in [-0.39, 0.29) is 13.2 Å². The number of hydrogen-bond donors (Lipinski definition) is 0. The molecule has 7 heteroatoms. The molecule has 0 unspecified atom stereocenters. The van der Waals surface area contributed by atoms with Crippen molar-refractivity contribution in [2.75, 3.05) is 17.5 Å². The van der Waals surface area contributed by atoms with Crippen LogP contribution in [0.2, 0.25) is 0 Å². The molecular weight excluding hydrogens is 390 g/mol. The summed E-state index contributed by atoms with van der Waals surface area (Å²) in [5, 5.41) is 2.48. The van der Waals surface area contributed by atoms with Crippen LogP contribution in [0, 0.1) is 6.92 Å². The van der Waals surface area contributed by atoms with Gasteiger partial charge in [-0.3, -0.25) is 4.31 Å². The minimum atomic E-state index is -3.61. The molecule has 0 aliphatic carbocycles. The monoisotopic (exact) mass is 407 g/mol. The lowest BCUT2D eigenvalue weighted by Gasteiger charge is -2.19. The molecule has 3 aromatic carbocycles. The highest BCUT2D eigenvalue weighted by Gasteiger charge is 2.35. The predicted molar refractivity (Wildman–Crippen MR) is 111 cm³/mol. The Labute approximate surface area is 167 Å². The van der Waals surface area contributed by atoms with Gasteiger partial charge >= 0.3 is 5.63 Å². The standard InChI is InChI=1S/C22H17NO5S/c1-14-12-21(24)28-19-13-16(8-9-17(14)19)27-11-10-23-18-6-2-4-15-5-3-7-20(22(15)18)29(23,25)26/h2-9,12-13H,10-11H2,1H3. The summed E-state index contributed by atoms with van der Waals surface area (Å²) in [6, 6.07) is 17.6. The lowest BCUT2D eigenvalue weighted by atomic mass is 10.1. The first-order valence-electron chi connectivity index (χ1n) is 9.17. The third kappa shape index (κ3) is 2.77. The van der Waals surface area contributed by atoms with E-state index in [0.717, 1.165) is 21.7 Å². The quantitative estimate of drug-likeness (QED) is 0.481. The minimum absolute atomic E-state index is 0.158. The Morgan fingerprint density at radius 3 is 2.66 bits per heavy atom. The van der Waals surface area contributed by atoms with Crippen molar-refractivity contribution in [1.29, 1.82) is 0 Å². The first-order valence-corrected chi connectivity index (χ1v) is 10.6. The van der Waals surface area contributed by atoms with Gasteiger partial charge in [-0.15, -0.1) is 0 Å². The van der Waals surface area contributed by atoms with E-state index in [4.69, 9.17) is 9.15 Å². The molecule has 2 heterocycles. The maximum Gasteiger partial charge on any atom is 0.336 e. The number of ether oxygens (including phenoxy) is 1. The zero-order chi connectivity index (χ0) is 20.2. The van der Waals surface area contributed by atoms with E-state index in [0.29, 0.717) is 21.9 Å². The molecule has 1 aliphatic rings. The Hall–Kier alpha value is -3.32. The van der Waals surface area contributed by atoms with Crippen molar-refractivity contribution in [3.05, 3.63) is 76.6 Å². The Kier molecular flexibility index (Phi) is 3.89. The third-order valence-corrected chi connectivity index (χ3v) is 7.02. The molecular formula is C22H17NO5S. The fraction of sp³-hybridized carbons (Fsp3) is 0.136. The van der Waals surface area contributed by atoms with Crippen LogP contribution in [-0.2, 0) is 10.0 Å². The first-order chi connectivity index (χ1) is 13.9. The van der Waals surface area contributed by atoms with Crippen LogP contribution in [-0.4, -0.2) is 21.6 Å². The number of anilines is 1. The molecule has 1 aliphatic heterocycles. The zero-order valence-electron chi connectivity index (χ0n) is 15.6. The Morgan fingerprint density at radius 2 is 1.83 bits per heavy atom. The molecule has 4 aromatic rings. The van der Waals surface area contributed by atoms with Gasteiger partial charge in [-0.2, -0.15) is 0 Å². The Balaban J connectivity index is 1.41. The molecule has 29 heavy (non-hydrogen) atoms. The molecule has 0 saturated heterocycles. The van der Waals surface area contributed by atoms with E-state index in [1.807, 2.05) is 37.3 Å². The normalized spacial score (nSPS) is 14.6. The van der Waals surface area contributed by atoms with Crippen molar-refractivity contribution in [1.82, 2.24) is 0 Å². The Morgan fingerprint density at radius 1 is 1.03 bits per heavy atom. The fourth-order valence-corrected chi connectivity index (χ4v) is 5.53. The number of rotatable bonds is 4. The molecule has 146 valence electrons. The smallest absolute Gasteiger partial charge is 0.336 e. The Bertz CT molecular complexity index is 1430. The van der Waals surface area contributed by atoms with Gasteiger partial charge in [0.25, 0.3) is 10.0 Å². The van der Waals surface area contributed by atoms with Gasteiger partial charge in [-0.05, 0) is 42.1 Å². The summed E-state index contributed by atoms with van der Waals surface area (Å²) < 4.78 is 38.4. The predicted octanol–water partition coefficient (Wildman–Crippen LogP) is 3.84. The molecule has 0 amide bonds. The molecule has 0 spiro atoms. The van der Waals surface area contributed by atoms with E-state index in [1.165, 1.54) is 10.4 Å². The molecule has 0 saturated carbocycles. The van der Waals surface area contributed by atoms with E-state index in [1.54, 1.807) is 24.3 Å². The van der Waals surface area contributed by atoms with Crippen LogP contribution in [0.4, 0.5) is 5.69 Å². The molecule has 5 rings (SSSR count). The van der Waals surface area contributed by atoms with Gasteiger partial charge in [0.2, 0.25) is 0 Å². The molecule has 0 bridgehead atoms. The van der Waals surface area contributed by atoms with Gasteiger partial charge in [0.15, 0.2) is 0 Å². The molecule has 1 aromatic heterocycles. The van der Waals surface area contributed by atoms with E-state index >= 15 is 0 Å². The average Bonchev–Trinajstić information content (AvgIpc) is 2.91. The zero-order valence-corrected chi connectivity index (χ0v) is 16.4. The van der Waals surface area contributed by atoms with Crippen LogP contribution in [0.1, 0.15) is 5.56 Å². The van der Waals surface area contributed by atoms with Crippen LogP contribution in [0.15, 0.2) is 74.8 Å². The van der Waals surface area contributed by atoms with E-state index < -0.39 is 15.6 Å². The van der Waals surface area contributed by atoms with Crippen LogP contribution < -0.4 is 14.7 Å². The van der Waals surface area contributed by atoms with Crippen LogP contribution in [0.3, 0.4) is 0 Å². The fourth-order valence-electron chi connectivity index (χ4n) is 3.84. The van der Waals surface area contributed by atoms with Crippen molar-refractivity contribution < 1.29 is 17.6 Å². The summed E-state index contributed by atoms with van der Waals surface area (Å²) in [6.45, 7) is 2.17. The average molecular weight is 407 g/mol. The second-order valence-electron chi connectivity index (χ2n) is 6.96. The largest absolute Gasteiger partial charge is 0.492 e. The lowest BCUT2D eigenvalue weighted by molar-refractivity contribution is 0.328. The highest BCUT2D eigenvalue weighted by atomic mass is 32.2. The number of aryl methyl sites for hydroxylation is 1. The van der Waals surface area contributed by atoms with Gasteiger partial charge in [-0.25, -0.2) is 13.2 Å². The highest BCUT2D eigenvalue weighted by Crippen LogP contribution is 2.41. The van der Waals surface area contributed by atoms with Crippen LogP contribution in [0.5, 0.6) is 5.75 Å². The molecule has 0 atom stereocenters. The van der Waals surface area contributed by atoms with Gasteiger partial charge in [0, 0.05) is 22.9 Å². The number of fused-ring (bicyclic) bond motifs is 1.